The molecule has 5 nitrogen and oxygen atoms in total. The van der Waals surface area contributed by atoms with Gasteiger partial charge in [0.1, 0.15) is 0 Å². The van der Waals surface area contributed by atoms with E-state index in [1.54, 1.807) is 29.2 Å². The van der Waals surface area contributed by atoms with Crippen molar-refractivity contribution < 1.29 is 23.4 Å². The summed E-state index contributed by atoms with van der Waals surface area (Å²) in [5.74, 6) is -2.17. The molecule has 1 aliphatic rings. The van der Waals surface area contributed by atoms with Crippen LogP contribution in [0.1, 0.15) is 10.4 Å². The molecule has 0 unspecified atom stereocenters. The van der Waals surface area contributed by atoms with E-state index in [0.717, 1.165) is 0 Å². The van der Waals surface area contributed by atoms with Crippen molar-refractivity contribution in [3.63, 3.8) is 0 Å². The van der Waals surface area contributed by atoms with Crippen molar-refractivity contribution in [2.24, 2.45) is 0 Å². The fourth-order valence-electron chi connectivity index (χ4n) is 3.35. The molecule has 0 aromatic heterocycles. The molecule has 0 spiro atoms. The van der Waals surface area contributed by atoms with Crippen molar-refractivity contribution in [3.05, 3.63) is 53.6 Å². The lowest BCUT2D eigenvalue weighted by molar-refractivity contribution is 0.0764. The van der Waals surface area contributed by atoms with E-state index < -0.39 is 23.5 Å². The Morgan fingerprint density at radius 2 is 1.70 bits per heavy atom. The Morgan fingerprint density at radius 1 is 1.11 bits per heavy atom. The first-order valence-electron chi connectivity index (χ1n) is 8.59. The van der Waals surface area contributed by atoms with Gasteiger partial charge in [-0.25, -0.2) is 8.78 Å². The number of ether oxygens (including phenoxy) is 1. The number of benzene rings is 2. The van der Waals surface area contributed by atoms with Gasteiger partial charge in [-0.1, -0.05) is 12.1 Å². The van der Waals surface area contributed by atoms with Crippen molar-refractivity contribution in [2.45, 2.75) is 12.1 Å². The molecule has 0 aliphatic carbocycles. The lowest BCUT2D eigenvalue weighted by atomic mass is 10.0. The highest BCUT2D eigenvalue weighted by Crippen LogP contribution is 2.29. The molecule has 2 aromatic rings. The highest BCUT2D eigenvalue weighted by atomic mass is 19.1. The summed E-state index contributed by atoms with van der Waals surface area (Å²) in [6.45, 7) is 0.724. The summed E-state index contributed by atoms with van der Waals surface area (Å²) in [7, 11) is 4.94. The highest BCUT2D eigenvalue weighted by Gasteiger charge is 2.35. The van der Waals surface area contributed by atoms with Crippen LogP contribution in [0.4, 0.5) is 8.78 Å². The lowest BCUT2D eigenvalue weighted by Gasteiger charge is -2.21. The molecule has 2 aromatic carbocycles. The zero-order chi connectivity index (χ0) is 19.7. The van der Waals surface area contributed by atoms with Crippen molar-refractivity contribution in [3.8, 4) is 16.9 Å². The molecule has 3 rings (SSSR count). The van der Waals surface area contributed by atoms with Crippen LogP contribution in [0.25, 0.3) is 11.1 Å². The van der Waals surface area contributed by atoms with E-state index in [9.17, 15) is 18.7 Å². The summed E-state index contributed by atoms with van der Waals surface area (Å²) in [4.78, 5) is 16.2. The highest BCUT2D eigenvalue weighted by molar-refractivity contribution is 5.95. The van der Waals surface area contributed by atoms with E-state index in [1.807, 2.05) is 19.0 Å². The fourth-order valence-corrected chi connectivity index (χ4v) is 3.35. The number of carbonyl (C=O) groups is 1. The first kappa shape index (κ1) is 19.3. The average molecular weight is 376 g/mol. The van der Waals surface area contributed by atoms with Gasteiger partial charge < -0.3 is 19.6 Å². The summed E-state index contributed by atoms with van der Waals surface area (Å²) < 4.78 is 32.5. The lowest BCUT2D eigenvalue weighted by Crippen LogP contribution is -2.38. The van der Waals surface area contributed by atoms with Crippen LogP contribution < -0.4 is 4.74 Å². The topological polar surface area (TPSA) is 53.0 Å². The van der Waals surface area contributed by atoms with Crippen molar-refractivity contribution in [1.82, 2.24) is 9.80 Å². The number of hydrogen-bond donors (Lipinski definition) is 1. The zero-order valence-electron chi connectivity index (χ0n) is 15.4. The number of rotatable bonds is 4. The van der Waals surface area contributed by atoms with Gasteiger partial charge in [-0.15, -0.1) is 0 Å². The van der Waals surface area contributed by atoms with E-state index >= 15 is 0 Å². The Morgan fingerprint density at radius 3 is 2.19 bits per heavy atom. The van der Waals surface area contributed by atoms with Gasteiger partial charge in [0.05, 0.1) is 19.3 Å². The summed E-state index contributed by atoms with van der Waals surface area (Å²) in [5.41, 5.74) is 1.40. The summed E-state index contributed by atoms with van der Waals surface area (Å²) >= 11 is 0. The molecule has 7 heteroatoms. The normalized spacial score (nSPS) is 19.6. The number of halogens is 2. The molecule has 1 fully saturated rings. The Labute approximate surface area is 156 Å². The number of nitrogens with zero attached hydrogens (tertiary/aromatic N) is 2. The van der Waals surface area contributed by atoms with E-state index in [0.29, 0.717) is 23.2 Å². The predicted octanol–water partition coefficient (Wildman–Crippen LogP) is 2.39. The standard InChI is InChI=1S/C20H22F2N2O3/c1-23(2)17-10-24(11-18(17)25)20(26)13-6-4-12(5-7-13)14-8-15(21)19(27-3)16(22)9-14/h4-9,17-18,25H,10-11H2,1-3H3/t17-,18-/m0/s1. The molecular weight excluding hydrogens is 354 g/mol. The molecule has 2 atom stereocenters. The SMILES string of the molecule is COc1c(F)cc(-c2ccc(C(=O)N3C[C@H](O)[C@@H](N(C)C)C3)cc2)cc1F. The summed E-state index contributed by atoms with van der Waals surface area (Å²) in [6.07, 6.45) is -0.589. The van der Waals surface area contributed by atoms with Crippen molar-refractivity contribution in [1.29, 1.82) is 0 Å². The van der Waals surface area contributed by atoms with Crippen LogP contribution in [-0.4, -0.2) is 67.3 Å². The monoisotopic (exact) mass is 376 g/mol. The minimum Gasteiger partial charge on any atom is -0.491 e. The number of β-amino-alcohol motifs (C(OH)–C–C–N with tert-alkyl or cyclic N) is 1. The Kier molecular flexibility index (Phi) is 5.43. The van der Waals surface area contributed by atoms with Gasteiger partial charge in [0.15, 0.2) is 17.4 Å². The number of likely N-dealkylation sites (tertiary alicyclic amines) is 1. The van der Waals surface area contributed by atoms with E-state index in [4.69, 9.17) is 0 Å². The maximum atomic E-state index is 13.9. The number of likely N-dealkylation sites (N-methyl/N-ethyl adjacent to an activating group) is 1. The van der Waals surface area contributed by atoms with Gasteiger partial charge in [0.25, 0.3) is 5.91 Å². The zero-order valence-corrected chi connectivity index (χ0v) is 15.4. The Bertz CT molecular complexity index is 817. The number of amides is 1. The van der Waals surface area contributed by atoms with E-state index in [1.165, 1.54) is 19.2 Å². The van der Waals surface area contributed by atoms with Crippen LogP contribution in [0.5, 0.6) is 5.75 Å². The first-order chi connectivity index (χ1) is 12.8. The number of aliphatic hydroxyl groups is 1. The van der Waals surface area contributed by atoms with Gasteiger partial charge in [0.2, 0.25) is 0 Å². The molecule has 1 aliphatic heterocycles. The predicted molar refractivity (Wildman–Crippen MR) is 97.7 cm³/mol. The smallest absolute Gasteiger partial charge is 0.253 e. The van der Waals surface area contributed by atoms with Crippen LogP contribution in [-0.2, 0) is 0 Å². The second-order valence-corrected chi connectivity index (χ2v) is 6.86. The van der Waals surface area contributed by atoms with Gasteiger partial charge in [-0.05, 0) is 49.5 Å². The third-order valence-electron chi connectivity index (χ3n) is 4.88. The molecule has 1 amide bonds. The number of aliphatic hydroxyl groups excluding tert-OH is 1. The minimum atomic E-state index is -0.784. The summed E-state index contributed by atoms with van der Waals surface area (Å²) in [5, 5.41) is 10.1. The minimum absolute atomic E-state index is 0.0986. The molecule has 144 valence electrons. The van der Waals surface area contributed by atoms with Crippen LogP contribution in [0, 0.1) is 11.6 Å². The second kappa shape index (κ2) is 7.62. The van der Waals surface area contributed by atoms with E-state index in [2.05, 4.69) is 4.74 Å². The summed E-state index contributed by atoms with van der Waals surface area (Å²) in [6, 6.07) is 8.81. The third-order valence-corrected chi connectivity index (χ3v) is 4.88. The van der Waals surface area contributed by atoms with Gasteiger partial charge in [0, 0.05) is 18.7 Å². The van der Waals surface area contributed by atoms with Crippen LogP contribution >= 0.6 is 0 Å². The maximum Gasteiger partial charge on any atom is 0.253 e. The molecule has 0 bridgehead atoms. The largest absolute Gasteiger partial charge is 0.491 e. The van der Waals surface area contributed by atoms with Crippen LogP contribution in [0.3, 0.4) is 0 Å². The maximum absolute atomic E-state index is 13.9. The number of carbonyl (C=O) groups excluding carboxylic acids is 1. The first-order valence-corrected chi connectivity index (χ1v) is 8.59. The molecule has 1 N–H and O–H groups in total. The number of methoxy groups -OCH3 is 1. The molecule has 0 radical (unpaired) electrons. The second-order valence-electron chi connectivity index (χ2n) is 6.86. The Hall–Kier alpha value is -2.51. The van der Waals surface area contributed by atoms with Crippen molar-refractivity contribution >= 4 is 5.91 Å². The van der Waals surface area contributed by atoms with Gasteiger partial charge >= 0.3 is 0 Å². The molecule has 0 saturated carbocycles. The van der Waals surface area contributed by atoms with Crippen molar-refractivity contribution in [2.75, 3.05) is 34.3 Å². The Balaban J connectivity index is 1.79. The molecule has 1 heterocycles. The molecule has 1 saturated heterocycles. The van der Waals surface area contributed by atoms with E-state index in [-0.39, 0.29) is 18.5 Å². The van der Waals surface area contributed by atoms with Crippen LogP contribution in [0.15, 0.2) is 36.4 Å². The quantitative estimate of drug-likeness (QED) is 0.890. The van der Waals surface area contributed by atoms with Gasteiger partial charge in [-0.3, -0.25) is 4.79 Å². The molecule has 27 heavy (non-hydrogen) atoms. The third kappa shape index (κ3) is 3.79. The van der Waals surface area contributed by atoms with Gasteiger partial charge in [-0.2, -0.15) is 0 Å². The fraction of sp³-hybridized carbons (Fsp3) is 0.350. The van der Waals surface area contributed by atoms with Crippen LogP contribution in [0.2, 0.25) is 0 Å². The number of hydrogen-bond acceptors (Lipinski definition) is 4. The average Bonchev–Trinajstić information content (AvgIpc) is 3.03. The molecular formula is C20H22F2N2O3.